The van der Waals surface area contributed by atoms with E-state index in [2.05, 4.69) is 5.32 Å². The average Bonchev–Trinajstić information content (AvgIpc) is 2.07. The molecule has 0 aliphatic rings. The third kappa shape index (κ3) is 2.66. The van der Waals surface area contributed by atoms with E-state index < -0.39 is 17.7 Å². The molecule has 2 N–H and O–H groups in total. The zero-order chi connectivity index (χ0) is 9.84. The van der Waals surface area contributed by atoms with Crippen molar-refractivity contribution in [1.29, 1.82) is 0 Å². The van der Waals surface area contributed by atoms with Crippen molar-refractivity contribution in [2.24, 2.45) is 0 Å². The molecule has 0 saturated carbocycles. The number of benzene rings is 1. The molecule has 0 aromatic heterocycles. The predicted molar refractivity (Wildman–Crippen MR) is 46.5 cm³/mol. The second-order valence-corrected chi connectivity index (χ2v) is 2.83. The molecular formula is C9H11F2NO. The molecule has 1 aromatic carbocycles. The van der Waals surface area contributed by atoms with E-state index in [1.807, 2.05) is 0 Å². The molecule has 0 fully saturated rings. The van der Waals surface area contributed by atoms with Crippen LogP contribution in [0.25, 0.3) is 0 Å². The van der Waals surface area contributed by atoms with Gasteiger partial charge in [0, 0.05) is 6.54 Å². The fourth-order valence-electron chi connectivity index (χ4n) is 0.898. The van der Waals surface area contributed by atoms with E-state index in [4.69, 9.17) is 5.11 Å². The molecule has 0 spiro atoms. The Hall–Kier alpha value is -1.16. The van der Waals surface area contributed by atoms with E-state index in [1.165, 1.54) is 12.1 Å². The van der Waals surface area contributed by atoms with E-state index in [9.17, 15) is 8.78 Å². The molecule has 0 unspecified atom stereocenters. The third-order valence-electron chi connectivity index (χ3n) is 1.54. The molecule has 0 radical (unpaired) electrons. The zero-order valence-electron chi connectivity index (χ0n) is 7.22. The second-order valence-electron chi connectivity index (χ2n) is 2.83. The van der Waals surface area contributed by atoms with Crippen molar-refractivity contribution in [2.75, 3.05) is 11.9 Å². The van der Waals surface area contributed by atoms with Crippen LogP contribution >= 0.6 is 0 Å². The number of halogens is 2. The van der Waals surface area contributed by atoms with Gasteiger partial charge in [-0.05, 0) is 19.1 Å². The maximum atomic E-state index is 12.9. The van der Waals surface area contributed by atoms with Gasteiger partial charge >= 0.3 is 0 Å². The van der Waals surface area contributed by atoms with Crippen molar-refractivity contribution >= 4 is 5.69 Å². The van der Waals surface area contributed by atoms with Crippen LogP contribution in [0.4, 0.5) is 14.5 Å². The second kappa shape index (κ2) is 4.18. The molecule has 1 aromatic rings. The Kier molecular flexibility index (Phi) is 3.19. The fourth-order valence-corrected chi connectivity index (χ4v) is 0.898. The molecule has 2 nitrogen and oxygen atoms in total. The number of hydrogen-bond acceptors (Lipinski definition) is 2. The van der Waals surface area contributed by atoms with Crippen molar-refractivity contribution in [3.63, 3.8) is 0 Å². The van der Waals surface area contributed by atoms with Gasteiger partial charge in [0.2, 0.25) is 0 Å². The molecule has 0 heterocycles. The van der Waals surface area contributed by atoms with Gasteiger partial charge in [-0.15, -0.1) is 0 Å². The van der Waals surface area contributed by atoms with Gasteiger partial charge in [0.05, 0.1) is 11.8 Å². The highest BCUT2D eigenvalue weighted by molar-refractivity contribution is 5.44. The summed E-state index contributed by atoms with van der Waals surface area (Å²) >= 11 is 0. The van der Waals surface area contributed by atoms with Gasteiger partial charge in [0.15, 0.2) is 11.6 Å². The summed E-state index contributed by atoms with van der Waals surface area (Å²) in [4.78, 5) is 0. The van der Waals surface area contributed by atoms with E-state index in [0.29, 0.717) is 0 Å². The van der Waals surface area contributed by atoms with Gasteiger partial charge in [-0.1, -0.05) is 6.07 Å². The molecule has 0 aliphatic heterocycles. The topological polar surface area (TPSA) is 32.3 Å². The Bertz CT molecular complexity index is 289. The molecule has 72 valence electrons. The normalized spacial score (nSPS) is 12.6. The summed E-state index contributed by atoms with van der Waals surface area (Å²) < 4.78 is 25.6. The van der Waals surface area contributed by atoms with E-state index in [0.717, 1.165) is 6.07 Å². The lowest BCUT2D eigenvalue weighted by molar-refractivity contribution is 0.208. The lowest BCUT2D eigenvalue weighted by Crippen LogP contribution is -2.16. The molecule has 1 atom stereocenters. The van der Waals surface area contributed by atoms with Gasteiger partial charge in [-0.2, -0.15) is 0 Å². The van der Waals surface area contributed by atoms with Crippen LogP contribution in [-0.2, 0) is 0 Å². The largest absolute Gasteiger partial charge is 0.392 e. The third-order valence-corrected chi connectivity index (χ3v) is 1.54. The van der Waals surface area contributed by atoms with Crippen LogP contribution in [0.3, 0.4) is 0 Å². The maximum absolute atomic E-state index is 12.9. The monoisotopic (exact) mass is 187 g/mol. The summed E-state index contributed by atoms with van der Waals surface area (Å²) in [5.74, 6) is -1.81. The number of aliphatic hydroxyl groups excluding tert-OH is 1. The predicted octanol–water partition coefficient (Wildman–Crippen LogP) is 1.76. The summed E-state index contributed by atoms with van der Waals surface area (Å²) in [5.41, 5.74) is 0.0703. The molecule has 1 rings (SSSR count). The Morgan fingerprint density at radius 1 is 1.46 bits per heavy atom. The van der Waals surface area contributed by atoms with Gasteiger partial charge in [-0.25, -0.2) is 8.78 Å². The van der Waals surface area contributed by atoms with Gasteiger partial charge in [0.1, 0.15) is 0 Å². The number of aliphatic hydroxyl groups is 1. The Balaban J connectivity index is 2.71. The first-order chi connectivity index (χ1) is 6.11. The first-order valence-corrected chi connectivity index (χ1v) is 3.97. The highest BCUT2D eigenvalue weighted by Gasteiger charge is 2.06. The number of nitrogens with one attached hydrogen (secondary N) is 1. The average molecular weight is 187 g/mol. The van der Waals surface area contributed by atoms with Crippen LogP contribution in [0.15, 0.2) is 18.2 Å². The van der Waals surface area contributed by atoms with Crippen molar-refractivity contribution in [1.82, 2.24) is 0 Å². The minimum atomic E-state index is -0.914. The maximum Gasteiger partial charge on any atom is 0.181 e. The first-order valence-electron chi connectivity index (χ1n) is 3.97. The van der Waals surface area contributed by atoms with E-state index >= 15 is 0 Å². The van der Waals surface area contributed by atoms with Crippen LogP contribution < -0.4 is 5.32 Å². The fraction of sp³-hybridized carbons (Fsp3) is 0.333. The van der Waals surface area contributed by atoms with Crippen molar-refractivity contribution < 1.29 is 13.9 Å². The van der Waals surface area contributed by atoms with E-state index in [1.54, 1.807) is 6.92 Å². The van der Waals surface area contributed by atoms with Crippen molar-refractivity contribution in [3.8, 4) is 0 Å². The van der Waals surface area contributed by atoms with Crippen LogP contribution in [0.5, 0.6) is 0 Å². The quantitative estimate of drug-likeness (QED) is 0.755. The van der Waals surface area contributed by atoms with Crippen molar-refractivity contribution in [2.45, 2.75) is 13.0 Å². The van der Waals surface area contributed by atoms with Gasteiger partial charge in [-0.3, -0.25) is 0 Å². The van der Waals surface area contributed by atoms with Crippen LogP contribution in [0, 0.1) is 11.6 Å². The molecule has 13 heavy (non-hydrogen) atoms. The number of hydrogen-bond donors (Lipinski definition) is 2. The Morgan fingerprint density at radius 3 is 2.77 bits per heavy atom. The highest BCUT2D eigenvalue weighted by Crippen LogP contribution is 2.16. The van der Waals surface area contributed by atoms with Crippen LogP contribution in [0.1, 0.15) is 6.92 Å². The van der Waals surface area contributed by atoms with E-state index in [-0.39, 0.29) is 12.2 Å². The van der Waals surface area contributed by atoms with Crippen LogP contribution in [-0.4, -0.2) is 17.8 Å². The first kappa shape index (κ1) is 9.92. The smallest absolute Gasteiger partial charge is 0.181 e. The summed E-state index contributed by atoms with van der Waals surface area (Å²) in [7, 11) is 0. The molecule has 0 saturated heterocycles. The Labute approximate surface area is 75.2 Å². The summed E-state index contributed by atoms with van der Waals surface area (Å²) in [6.45, 7) is 1.75. The summed E-state index contributed by atoms with van der Waals surface area (Å²) in [5, 5.41) is 11.5. The SMILES string of the molecule is C[C@@H](O)CNc1cccc(F)c1F. The standard InChI is InChI=1S/C9H11F2NO/c1-6(13)5-12-8-4-2-3-7(10)9(8)11/h2-4,6,12-13H,5H2,1H3/t6-/m1/s1. The molecule has 0 bridgehead atoms. The lowest BCUT2D eigenvalue weighted by atomic mass is 10.3. The van der Waals surface area contributed by atoms with Gasteiger partial charge in [0.25, 0.3) is 0 Å². The number of anilines is 1. The molecule has 0 amide bonds. The molecule has 4 heteroatoms. The number of rotatable bonds is 3. The Morgan fingerprint density at radius 2 is 2.15 bits per heavy atom. The minimum Gasteiger partial charge on any atom is -0.392 e. The van der Waals surface area contributed by atoms with Gasteiger partial charge < -0.3 is 10.4 Å². The van der Waals surface area contributed by atoms with Crippen LogP contribution in [0.2, 0.25) is 0 Å². The van der Waals surface area contributed by atoms with Crippen molar-refractivity contribution in [3.05, 3.63) is 29.8 Å². The lowest BCUT2D eigenvalue weighted by Gasteiger charge is -2.09. The molecule has 0 aliphatic carbocycles. The summed E-state index contributed by atoms with van der Waals surface area (Å²) in [6.07, 6.45) is -0.595. The highest BCUT2D eigenvalue weighted by atomic mass is 19.2. The zero-order valence-corrected chi connectivity index (χ0v) is 7.22. The minimum absolute atomic E-state index is 0.0703. The summed E-state index contributed by atoms with van der Waals surface area (Å²) in [6, 6.07) is 3.87. The molecular weight excluding hydrogens is 176 g/mol.